The summed E-state index contributed by atoms with van der Waals surface area (Å²) in [5, 5.41) is 8.53. The van der Waals surface area contributed by atoms with Crippen LogP contribution < -0.4 is 0 Å². The van der Waals surface area contributed by atoms with E-state index in [1.807, 2.05) is 0 Å². The molecule has 0 bridgehead atoms. The molecule has 3 nitrogen and oxygen atoms in total. The van der Waals surface area contributed by atoms with Crippen LogP contribution in [0.2, 0.25) is 0 Å². The predicted octanol–water partition coefficient (Wildman–Crippen LogP) is 4.21. The molecule has 0 saturated carbocycles. The molecule has 1 unspecified atom stereocenters. The van der Waals surface area contributed by atoms with Crippen LogP contribution >= 0.6 is 0 Å². The van der Waals surface area contributed by atoms with Crippen molar-refractivity contribution in [3.8, 4) is 0 Å². The number of carboxylic acid groups (broad SMARTS) is 1. The normalized spacial score (nSPS) is 12.4. The Labute approximate surface area is 92.8 Å². The van der Waals surface area contributed by atoms with E-state index in [2.05, 4.69) is 13.8 Å². The molecule has 3 heteroatoms. The molecule has 0 heterocycles. The quantitative estimate of drug-likeness (QED) is 0.464. The summed E-state index contributed by atoms with van der Waals surface area (Å²) in [5.74, 6) is 0. The van der Waals surface area contributed by atoms with E-state index >= 15 is 0 Å². The van der Waals surface area contributed by atoms with Gasteiger partial charge in [0.25, 0.3) is 0 Å². The van der Waals surface area contributed by atoms with Crippen molar-refractivity contribution < 1.29 is 14.6 Å². The largest absolute Gasteiger partial charge is 0.506 e. The van der Waals surface area contributed by atoms with Gasteiger partial charge in [0.15, 0.2) is 0 Å². The van der Waals surface area contributed by atoms with Gasteiger partial charge in [-0.3, -0.25) is 0 Å². The first-order chi connectivity index (χ1) is 7.20. The summed E-state index contributed by atoms with van der Waals surface area (Å²) in [5.41, 5.74) is 0. The summed E-state index contributed by atoms with van der Waals surface area (Å²) in [6.07, 6.45) is 7.52. The van der Waals surface area contributed by atoms with Gasteiger partial charge in [0.2, 0.25) is 0 Å². The zero-order chi connectivity index (χ0) is 11.5. The molecule has 90 valence electrons. The minimum Gasteiger partial charge on any atom is -0.450 e. The van der Waals surface area contributed by atoms with Crippen LogP contribution in [0.4, 0.5) is 4.79 Å². The van der Waals surface area contributed by atoms with E-state index in [1.165, 1.54) is 25.7 Å². The highest BCUT2D eigenvalue weighted by molar-refractivity contribution is 5.57. The van der Waals surface area contributed by atoms with Crippen LogP contribution in [-0.2, 0) is 4.74 Å². The highest BCUT2D eigenvalue weighted by Crippen LogP contribution is 2.13. The first-order valence-electron chi connectivity index (χ1n) is 6.10. The van der Waals surface area contributed by atoms with Gasteiger partial charge in [-0.05, 0) is 19.3 Å². The van der Waals surface area contributed by atoms with Gasteiger partial charge in [-0.25, -0.2) is 4.79 Å². The molecule has 0 aromatic rings. The Morgan fingerprint density at radius 3 is 2.27 bits per heavy atom. The predicted molar refractivity (Wildman–Crippen MR) is 61.2 cm³/mol. The highest BCUT2D eigenvalue weighted by atomic mass is 16.7. The van der Waals surface area contributed by atoms with Gasteiger partial charge < -0.3 is 9.84 Å². The van der Waals surface area contributed by atoms with E-state index in [4.69, 9.17) is 9.84 Å². The molecule has 0 spiro atoms. The fourth-order valence-corrected chi connectivity index (χ4v) is 1.70. The molecule has 0 aliphatic rings. The van der Waals surface area contributed by atoms with Crippen molar-refractivity contribution in [3.63, 3.8) is 0 Å². The maximum atomic E-state index is 10.4. The molecule has 0 amide bonds. The lowest BCUT2D eigenvalue weighted by Gasteiger charge is -2.14. The van der Waals surface area contributed by atoms with Gasteiger partial charge in [0.05, 0.1) is 0 Å². The average molecular weight is 216 g/mol. The first kappa shape index (κ1) is 14.3. The number of unbranched alkanes of at least 4 members (excludes halogenated alkanes) is 4. The number of rotatable bonds is 9. The van der Waals surface area contributed by atoms with E-state index in [9.17, 15) is 4.79 Å². The van der Waals surface area contributed by atoms with Crippen LogP contribution in [0.5, 0.6) is 0 Å². The minimum atomic E-state index is -1.14. The molecule has 1 N–H and O–H groups in total. The highest BCUT2D eigenvalue weighted by Gasteiger charge is 2.11. The number of hydrogen-bond donors (Lipinski definition) is 1. The van der Waals surface area contributed by atoms with Crippen LogP contribution in [0.25, 0.3) is 0 Å². The summed E-state index contributed by atoms with van der Waals surface area (Å²) in [4.78, 5) is 10.4. The zero-order valence-electron chi connectivity index (χ0n) is 10.00. The van der Waals surface area contributed by atoms with Crippen molar-refractivity contribution in [1.82, 2.24) is 0 Å². The fraction of sp³-hybridized carbons (Fsp3) is 0.917. The van der Waals surface area contributed by atoms with E-state index in [0.29, 0.717) is 0 Å². The molecule has 0 saturated heterocycles. The van der Waals surface area contributed by atoms with Crippen molar-refractivity contribution in [2.45, 2.75) is 71.3 Å². The van der Waals surface area contributed by atoms with Crippen LogP contribution in [0.1, 0.15) is 65.2 Å². The van der Waals surface area contributed by atoms with Crippen molar-refractivity contribution in [3.05, 3.63) is 0 Å². The summed E-state index contributed by atoms with van der Waals surface area (Å²) < 4.78 is 4.81. The van der Waals surface area contributed by atoms with Crippen molar-refractivity contribution in [2.24, 2.45) is 0 Å². The van der Waals surface area contributed by atoms with Crippen LogP contribution in [-0.4, -0.2) is 17.4 Å². The van der Waals surface area contributed by atoms with Crippen molar-refractivity contribution >= 4 is 6.16 Å². The smallest absolute Gasteiger partial charge is 0.450 e. The SMILES string of the molecule is CCCCCCCC(CCC)OC(=O)O. The molecular weight excluding hydrogens is 192 g/mol. The zero-order valence-corrected chi connectivity index (χ0v) is 10.00. The number of hydrogen-bond acceptors (Lipinski definition) is 2. The Bertz CT molecular complexity index is 157. The molecule has 0 aromatic carbocycles. The van der Waals surface area contributed by atoms with Crippen molar-refractivity contribution in [1.29, 1.82) is 0 Å². The lowest BCUT2D eigenvalue weighted by Crippen LogP contribution is -2.16. The molecule has 0 rings (SSSR count). The lowest BCUT2D eigenvalue weighted by molar-refractivity contribution is 0.0431. The molecule has 0 radical (unpaired) electrons. The third-order valence-corrected chi connectivity index (χ3v) is 2.51. The summed E-state index contributed by atoms with van der Waals surface area (Å²) in [6, 6.07) is 0. The molecule has 15 heavy (non-hydrogen) atoms. The second kappa shape index (κ2) is 9.81. The molecular formula is C12H24O3. The maximum Gasteiger partial charge on any atom is 0.506 e. The molecule has 1 atom stereocenters. The van der Waals surface area contributed by atoms with E-state index in [0.717, 1.165) is 25.7 Å². The standard InChI is InChI=1S/C12H24O3/c1-3-5-6-7-8-10-11(9-4-2)15-12(13)14/h11H,3-10H2,1-2H3,(H,13,14). The van der Waals surface area contributed by atoms with Gasteiger partial charge in [0.1, 0.15) is 6.10 Å². The lowest BCUT2D eigenvalue weighted by atomic mass is 10.1. The summed E-state index contributed by atoms with van der Waals surface area (Å²) >= 11 is 0. The van der Waals surface area contributed by atoms with E-state index in [-0.39, 0.29) is 6.10 Å². The maximum absolute atomic E-state index is 10.4. The number of carbonyl (C=O) groups is 1. The van der Waals surface area contributed by atoms with Gasteiger partial charge in [-0.2, -0.15) is 0 Å². The van der Waals surface area contributed by atoms with Crippen LogP contribution in [0.3, 0.4) is 0 Å². The Balaban J connectivity index is 3.52. The van der Waals surface area contributed by atoms with Gasteiger partial charge in [0, 0.05) is 0 Å². The molecule has 0 fully saturated rings. The third-order valence-electron chi connectivity index (χ3n) is 2.51. The van der Waals surface area contributed by atoms with Gasteiger partial charge >= 0.3 is 6.16 Å². The van der Waals surface area contributed by atoms with Crippen molar-refractivity contribution in [2.75, 3.05) is 0 Å². The minimum absolute atomic E-state index is 0.0888. The Morgan fingerprint density at radius 1 is 1.07 bits per heavy atom. The van der Waals surface area contributed by atoms with Gasteiger partial charge in [-0.1, -0.05) is 46.0 Å². The number of ether oxygens (including phenoxy) is 1. The summed E-state index contributed by atoms with van der Waals surface area (Å²) in [7, 11) is 0. The topological polar surface area (TPSA) is 46.5 Å². The van der Waals surface area contributed by atoms with Crippen LogP contribution in [0, 0.1) is 0 Å². The van der Waals surface area contributed by atoms with E-state index < -0.39 is 6.16 Å². The molecule has 0 aromatic heterocycles. The monoisotopic (exact) mass is 216 g/mol. The fourth-order valence-electron chi connectivity index (χ4n) is 1.70. The Kier molecular flexibility index (Phi) is 9.33. The molecule has 0 aliphatic heterocycles. The molecule has 0 aliphatic carbocycles. The second-order valence-electron chi connectivity index (χ2n) is 4.00. The van der Waals surface area contributed by atoms with Gasteiger partial charge in [-0.15, -0.1) is 0 Å². The Morgan fingerprint density at radius 2 is 1.73 bits per heavy atom. The average Bonchev–Trinajstić information content (AvgIpc) is 2.17. The summed E-state index contributed by atoms with van der Waals surface area (Å²) in [6.45, 7) is 4.24. The third kappa shape index (κ3) is 9.57. The Hall–Kier alpha value is -0.730. The first-order valence-corrected chi connectivity index (χ1v) is 6.10. The second-order valence-corrected chi connectivity index (χ2v) is 4.00. The van der Waals surface area contributed by atoms with Crippen LogP contribution in [0.15, 0.2) is 0 Å². The van der Waals surface area contributed by atoms with E-state index in [1.54, 1.807) is 0 Å².